The van der Waals surface area contributed by atoms with Crippen LogP contribution in [0.4, 0.5) is 0 Å². The Labute approximate surface area is 80.6 Å². The summed E-state index contributed by atoms with van der Waals surface area (Å²) >= 11 is 0. The van der Waals surface area contributed by atoms with E-state index in [4.69, 9.17) is 10.5 Å². The van der Waals surface area contributed by atoms with Crippen molar-refractivity contribution in [3.8, 4) is 0 Å². The lowest BCUT2D eigenvalue weighted by Gasteiger charge is -2.33. The number of rotatable bonds is 4. The standard InChI is InChI=1S/C9H21N3O/c1-11(2)7-9-8-12(4-3-10)5-6-13-9/h9H,3-8,10H2,1-2H3. The number of hydrogen-bond donors (Lipinski definition) is 1. The van der Waals surface area contributed by atoms with Crippen LogP contribution in [0.15, 0.2) is 0 Å². The van der Waals surface area contributed by atoms with E-state index in [1.807, 2.05) is 0 Å². The number of ether oxygens (including phenoxy) is 1. The fourth-order valence-electron chi connectivity index (χ4n) is 1.68. The summed E-state index contributed by atoms with van der Waals surface area (Å²) in [6.45, 7) is 5.64. The average Bonchev–Trinajstić information content (AvgIpc) is 2.04. The van der Waals surface area contributed by atoms with E-state index in [0.717, 1.165) is 39.3 Å². The van der Waals surface area contributed by atoms with E-state index in [1.165, 1.54) is 0 Å². The first-order chi connectivity index (χ1) is 6.22. The highest BCUT2D eigenvalue weighted by Gasteiger charge is 2.19. The second-order valence-electron chi connectivity index (χ2n) is 3.84. The summed E-state index contributed by atoms with van der Waals surface area (Å²) in [5.74, 6) is 0. The maximum absolute atomic E-state index is 5.64. The van der Waals surface area contributed by atoms with Crippen LogP contribution in [0.25, 0.3) is 0 Å². The van der Waals surface area contributed by atoms with Crippen molar-refractivity contribution < 1.29 is 4.74 Å². The zero-order chi connectivity index (χ0) is 9.68. The van der Waals surface area contributed by atoms with Crippen molar-refractivity contribution in [1.29, 1.82) is 0 Å². The van der Waals surface area contributed by atoms with Gasteiger partial charge in [-0.3, -0.25) is 4.90 Å². The zero-order valence-corrected chi connectivity index (χ0v) is 8.70. The van der Waals surface area contributed by atoms with Crippen molar-refractivity contribution in [2.24, 2.45) is 5.73 Å². The molecule has 1 rings (SSSR count). The Hall–Kier alpha value is -0.160. The highest BCUT2D eigenvalue weighted by molar-refractivity contribution is 4.73. The van der Waals surface area contributed by atoms with Crippen LogP contribution >= 0.6 is 0 Å². The van der Waals surface area contributed by atoms with Gasteiger partial charge in [-0.2, -0.15) is 0 Å². The molecule has 78 valence electrons. The minimum Gasteiger partial charge on any atom is -0.374 e. The molecule has 0 aromatic rings. The molecule has 0 aromatic carbocycles. The first kappa shape index (κ1) is 10.9. The van der Waals surface area contributed by atoms with Gasteiger partial charge in [0.05, 0.1) is 12.7 Å². The molecule has 4 heteroatoms. The van der Waals surface area contributed by atoms with Gasteiger partial charge in [-0.1, -0.05) is 0 Å². The van der Waals surface area contributed by atoms with Crippen LogP contribution in [0.1, 0.15) is 0 Å². The Bertz CT molecular complexity index is 139. The van der Waals surface area contributed by atoms with Crippen molar-refractivity contribution in [3.05, 3.63) is 0 Å². The van der Waals surface area contributed by atoms with Gasteiger partial charge in [-0.15, -0.1) is 0 Å². The second-order valence-corrected chi connectivity index (χ2v) is 3.84. The van der Waals surface area contributed by atoms with Gasteiger partial charge >= 0.3 is 0 Å². The molecule has 0 saturated carbocycles. The molecule has 1 aliphatic heterocycles. The van der Waals surface area contributed by atoms with Crippen molar-refractivity contribution in [2.45, 2.75) is 6.10 Å². The monoisotopic (exact) mass is 187 g/mol. The first-order valence-corrected chi connectivity index (χ1v) is 4.91. The summed E-state index contributed by atoms with van der Waals surface area (Å²) in [5.41, 5.74) is 5.51. The molecular formula is C9H21N3O. The van der Waals surface area contributed by atoms with E-state index in [2.05, 4.69) is 23.9 Å². The molecule has 1 heterocycles. The smallest absolute Gasteiger partial charge is 0.0829 e. The Kier molecular flexibility index (Phi) is 4.66. The number of likely N-dealkylation sites (N-methyl/N-ethyl adjacent to an activating group) is 1. The van der Waals surface area contributed by atoms with Crippen molar-refractivity contribution >= 4 is 0 Å². The van der Waals surface area contributed by atoms with Gasteiger partial charge in [-0.05, 0) is 14.1 Å². The van der Waals surface area contributed by atoms with E-state index in [1.54, 1.807) is 0 Å². The molecule has 13 heavy (non-hydrogen) atoms. The largest absolute Gasteiger partial charge is 0.374 e. The molecule has 2 N–H and O–H groups in total. The number of nitrogens with two attached hydrogens (primary N) is 1. The van der Waals surface area contributed by atoms with E-state index < -0.39 is 0 Å². The number of hydrogen-bond acceptors (Lipinski definition) is 4. The summed E-state index contributed by atoms with van der Waals surface area (Å²) in [6.07, 6.45) is 0.357. The Balaban J connectivity index is 2.24. The van der Waals surface area contributed by atoms with E-state index in [-0.39, 0.29) is 0 Å². The predicted molar refractivity (Wildman–Crippen MR) is 53.8 cm³/mol. The summed E-state index contributed by atoms with van der Waals surface area (Å²) in [4.78, 5) is 4.54. The minimum absolute atomic E-state index is 0.357. The second kappa shape index (κ2) is 5.54. The number of nitrogens with zero attached hydrogens (tertiary/aromatic N) is 2. The van der Waals surface area contributed by atoms with Crippen molar-refractivity contribution in [3.63, 3.8) is 0 Å². The average molecular weight is 187 g/mol. The van der Waals surface area contributed by atoms with Gasteiger partial charge in [-0.25, -0.2) is 0 Å². The van der Waals surface area contributed by atoms with Gasteiger partial charge in [0.2, 0.25) is 0 Å². The topological polar surface area (TPSA) is 41.7 Å². The molecule has 1 atom stereocenters. The Morgan fingerprint density at radius 3 is 2.92 bits per heavy atom. The lowest BCUT2D eigenvalue weighted by atomic mass is 10.2. The zero-order valence-electron chi connectivity index (χ0n) is 8.70. The van der Waals surface area contributed by atoms with Crippen molar-refractivity contribution in [1.82, 2.24) is 9.80 Å². The van der Waals surface area contributed by atoms with Gasteiger partial charge in [0.25, 0.3) is 0 Å². The summed E-state index contributed by atoms with van der Waals surface area (Å²) in [6, 6.07) is 0. The molecular weight excluding hydrogens is 166 g/mol. The minimum atomic E-state index is 0.357. The maximum Gasteiger partial charge on any atom is 0.0829 e. The normalized spacial score (nSPS) is 25.4. The van der Waals surface area contributed by atoms with E-state index in [9.17, 15) is 0 Å². The summed E-state index contributed by atoms with van der Waals surface area (Å²) in [7, 11) is 4.15. The van der Waals surface area contributed by atoms with E-state index >= 15 is 0 Å². The van der Waals surface area contributed by atoms with Gasteiger partial charge in [0, 0.05) is 32.7 Å². The molecule has 1 aliphatic rings. The first-order valence-electron chi connectivity index (χ1n) is 4.91. The molecule has 1 fully saturated rings. The molecule has 0 bridgehead atoms. The summed E-state index contributed by atoms with van der Waals surface area (Å²) in [5, 5.41) is 0. The molecule has 0 radical (unpaired) electrons. The number of morpholine rings is 1. The molecule has 1 unspecified atom stereocenters. The van der Waals surface area contributed by atoms with Gasteiger partial charge < -0.3 is 15.4 Å². The third-order valence-corrected chi connectivity index (χ3v) is 2.24. The molecule has 0 amide bonds. The molecule has 0 spiro atoms. The lowest BCUT2D eigenvalue weighted by Crippen LogP contribution is -2.47. The van der Waals surface area contributed by atoms with Crippen LogP contribution in [0.5, 0.6) is 0 Å². The van der Waals surface area contributed by atoms with Crippen LogP contribution in [0.2, 0.25) is 0 Å². The van der Waals surface area contributed by atoms with Gasteiger partial charge in [0.15, 0.2) is 0 Å². The molecule has 0 aromatic heterocycles. The van der Waals surface area contributed by atoms with Crippen LogP contribution in [-0.2, 0) is 4.74 Å². The fraction of sp³-hybridized carbons (Fsp3) is 1.00. The SMILES string of the molecule is CN(C)CC1CN(CCN)CCO1. The lowest BCUT2D eigenvalue weighted by molar-refractivity contribution is -0.0369. The van der Waals surface area contributed by atoms with Crippen LogP contribution in [0, 0.1) is 0 Å². The molecule has 1 saturated heterocycles. The van der Waals surface area contributed by atoms with Gasteiger partial charge in [0.1, 0.15) is 0 Å². The maximum atomic E-state index is 5.64. The van der Waals surface area contributed by atoms with Crippen molar-refractivity contribution in [2.75, 3.05) is 53.4 Å². The Morgan fingerprint density at radius 1 is 1.54 bits per heavy atom. The van der Waals surface area contributed by atoms with Crippen LogP contribution in [0.3, 0.4) is 0 Å². The summed E-state index contributed by atoms with van der Waals surface area (Å²) < 4.78 is 5.64. The predicted octanol–water partition coefficient (Wildman–Crippen LogP) is -0.792. The highest BCUT2D eigenvalue weighted by Crippen LogP contribution is 2.04. The van der Waals surface area contributed by atoms with Crippen LogP contribution < -0.4 is 5.73 Å². The third-order valence-electron chi connectivity index (χ3n) is 2.24. The highest BCUT2D eigenvalue weighted by atomic mass is 16.5. The molecule has 4 nitrogen and oxygen atoms in total. The fourth-order valence-corrected chi connectivity index (χ4v) is 1.68. The third kappa shape index (κ3) is 4.04. The molecule has 0 aliphatic carbocycles. The van der Waals surface area contributed by atoms with E-state index in [0.29, 0.717) is 6.10 Å². The quantitative estimate of drug-likeness (QED) is 0.626. The van der Waals surface area contributed by atoms with Crippen LogP contribution in [-0.4, -0.2) is 69.3 Å². The Morgan fingerprint density at radius 2 is 2.31 bits per heavy atom.